The first-order valence-corrected chi connectivity index (χ1v) is 31.1. The molecule has 1 aliphatic heterocycles. The van der Waals surface area contributed by atoms with Crippen LogP contribution in [-0.4, -0.2) is 222 Å². The van der Waals surface area contributed by atoms with E-state index >= 15 is 0 Å². The minimum absolute atomic E-state index is 0.00796. The first-order valence-electron chi connectivity index (χ1n) is 28.3. The van der Waals surface area contributed by atoms with Gasteiger partial charge in [0.25, 0.3) is 0 Å². The summed E-state index contributed by atoms with van der Waals surface area (Å²) in [6, 6.07) is -12.6. The molecule has 0 saturated carbocycles. The molecule has 0 spiro atoms. The summed E-state index contributed by atoms with van der Waals surface area (Å²) in [5.74, 6) is -10.4. The van der Waals surface area contributed by atoms with Crippen LogP contribution < -0.4 is 86.7 Å². The molecular formula is C51H94N20O13S2. The molecule has 35 heteroatoms. The highest BCUT2D eigenvalue weighted by atomic mass is 32.2. The van der Waals surface area contributed by atoms with Gasteiger partial charge in [-0.1, -0.05) is 27.7 Å². The van der Waals surface area contributed by atoms with Gasteiger partial charge >= 0.3 is 5.97 Å². The van der Waals surface area contributed by atoms with Gasteiger partial charge in [0.1, 0.15) is 54.4 Å². The number of carboxylic acids is 1. The van der Waals surface area contributed by atoms with Gasteiger partial charge in [-0.05, 0) is 107 Å². The van der Waals surface area contributed by atoms with Crippen molar-refractivity contribution >= 4 is 106 Å². The molecule has 1 rings (SSSR count). The van der Waals surface area contributed by atoms with Gasteiger partial charge in [-0.3, -0.25) is 64.2 Å². The quantitative estimate of drug-likeness (QED) is 0.0154. The molecule has 0 aromatic rings. The Morgan fingerprint density at radius 3 is 1.36 bits per heavy atom. The predicted octanol–water partition coefficient (Wildman–Crippen LogP) is -6.00. The molecule has 0 aromatic carbocycles. The summed E-state index contributed by atoms with van der Waals surface area (Å²) in [6.07, 6.45) is 4.62. The summed E-state index contributed by atoms with van der Waals surface area (Å²) in [5.41, 5.74) is 22.1. The maximum Gasteiger partial charge on any atom is 0.326 e. The molecule has 86 heavy (non-hydrogen) atoms. The number of carboxylic acid groups (broad SMARTS) is 1. The van der Waals surface area contributed by atoms with Gasteiger partial charge in [-0.15, -0.1) is 0 Å². The van der Waals surface area contributed by atoms with Crippen LogP contribution in [0.5, 0.6) is 0 Å². The van der Waals surface area contributed by atoms with Crippen LogP contribution in [0.3, 0.4) is 0 Å². The smallest absolute Gasteiger partial charge is 0.326 e. The second kappa shape index (κ2) is 40.8. The summed E-state index contributed by atoms with van der Waals surface area (Å²) in [7, 11) is 0. The molecule has 10 amide bonds. The van der Waals surface area contributed by atoms with E-state index in [-0.39, 0.29) is 108 Å². The number of carbonyl (C=O) groups is 11. The number of rotatable bonds is 41. The van der Waals surface area contributed by atoms with Crippen molar-refractivity contribution in [2.75, 3.05) is 63.3 Å². The van der Waals surface area contributed by atoms with Crippen LogP contribution in [0.1, 0.15) is 98.8 Å². The number of aliphatic hydroxyl groups is 1. The molecule has 0 unspecified atom stereocenters. The number of likely N-dealkylation sites (tertiary alicyclic amines) is 1. The summed E-state index contributed by atoms with van der Waals surface area (Å²) in [6.45, 7) is 7.00. The average molecular weight is 1260 g/mol. The number of amides is 10. The Morgan fingerprint density at radius 1 is 0.535 bits per heavy atom. The zero-order valence-corrected chi connectivity index (χ0v) is 51.7. The lowest BCUT2D eigenvalue weighted by atomic mass is 10.0. The molecule has 0 bridgehead atoms. The van der Waals surface area contributed by atoms with Gasteiger partial charge < -0.3 is 102 Å². The van der Waals surface area contributed by atoms with Crippen LogP contribution in [-0.2, 0) is 52.7 Å². The van der Waals surface area contributed by atoms with E-state index in [0.29, 0.717) is 17.9 Å². The minimum Gasteiger partial charge on any atom is -0.480 e. The molecular weight excluding hydrogens is 1160 g/mol. The zero-order chi connectivity index (χ0) is 65.2. The van der Waals surface area contributed by atoms with Crippen LogP contribution in [0, 0.1) is 28.1 Å². The molecule has 0 radical (unpaired) electrons. The van der Waals surface area contributed by atoms with Crippen LogP contribution >= 0.6 is 23.5 Å². The third kappa shape index (κ3) is 29.1. The second-order valence-corrected chi connectivity index (χ2v) is 23.1. The van der Waals surface area contributed by atoms with Gasteiger partial charge in [0.15, 0.2) is 17.9 Å². The molecule has 488 valence electrons. The molecule has 0 aromatic heterocycles. The second-order valence-electron chi connectivity index (χ2n) is 21.1. The molecule has 1 saturated heterocycles. The molecule has 1 fully saturated rings. The van der Waals surface area contributed by atoms with Crippen molar-refractivity contribution in [2.45, 2.75) is 159 Å². The van der Waals surface area contributed by atoms with Crippen LogP contribution in [0.2, 0.25) is 0 Å². The standard InChI is InChI=1S/C51H94N20O13S2/c1-26(2)37(52)46(81)69-34(25-72)40(75)62-24-36(73)63-28(5)39(74)64-29(12-8-18-59-49(53)54)41(76)65-30(13-9-19-60-50(55)56)42(77)66-31(16-22-85-6)43(78)67-32(17-23-86-7)44(79)70-38(27(3)4)47(82)71-21-11-15-35(71)45(80)68-33(48(83)84)14-10-20-61-51(57)58/h26-35,37-38,72H,8-25,52H2,1-7H3,(H,62,75)(H,63,73)(H,64,74)(H,65,76)(H,66,77)(H,67,78)(H,68,80)(H,69,81)(H,70,79)(H,83,84)(H4,53,54,59)(H4,55,56,60)(H4,57,58,61)/t28-,29-,30-,31-,32-,33-,34-,35-,37-,38-/m0/s1. The fraction of sp³-hybridized carbons (Fsp3) is 0.725. The van der Waals surface area contributed by atoms with Gasteiger partial charge in [0, 0.05) is 26.2 Å². The summed E-state index contributed by atoms with van der Waals surface area (Å²) in [4.78, 5) is 150. The minimum atomic E-state index is -1.44. The normalized spacial score (nSPS) is 15.9. The first kappa shape index (κ1) is 76.6. The third-order valence-corrected chi connectivity index (χ3v) is 14.7. The van der Waals surface area contributed by atoms with E-state index in [1.54, 1.807) is 40.2 Å². The number of nitrogens with zero attached hydrogens (tertiary/aromatic N) is 1. The fourth-order valence-corrected chi connectivity index (χ4v) is 9.38. The molecule has 25 N–H and O–H groups in total. The lowest BCUT2D eigenvalue weighted by molar-refractivity contribution is -0.145. The SMILES string of the molecule is CSCC[C@H](NC(=O)[C@H](CCCNC(=N)N)NC(=O)[C@H](CCCNC(=N)N)NC(=O)[C@H](C)NC(=O)CNC(=O)[C@H](CO)NC(=O)[C@@H](N)C(C)C)C(=O)N[C@@H](CCSC)C(=O)N[C@H](C(=O)N1CCC[C@H]1C(=O)N[C@@H](CCCNC(=N)N)C(=O)O)C(C)C. The summed E-state index contributed by atoms with van der Waals surface area (Å²) < 4.78 is 0. The Hall–Kier alpha value is -7.40. The number of thioether (sulfide) groups is 2. The topological polar surface area (TPSA) is 551 Å². The Bertz CT molecular complexity index is 2320. The number of aliphatic carboxylic acids is 1. The van der Waals surface area contributed by atoms with Gasteiger partial charge in [-0.25, -0.2) is 4.79 Å². The number of nitrogens with one attached hydrogen (secondary N) is 15. The number of hydrogen-bond acceptors (Lipinski definition) is 18. The lowest BCUT2D eigenvalue weighted by Crippen LogP contribution is -2.61. The van der Waals surface area contributed by atoms with Crippen LogP contribution in [0.15, 0.2) is 0 Å². The first-order chi connectivity index (χ1) is 40.5. The van der Waals surface area contributed by atoms with Crippen molar-refractivity contribution in [3.05, 3.63) is 0 Å². The van der Waals surface area contributed by atoms with Crippen molar-refractivity contribution in [3.63, 3.8) is 0 Å². The van der Waals surface area contributed by atoms with E-state index < -0.39 is 145 Å². The van der Waals surface area contributed by atoms with Crippen molar-refractivity contribution in [1.82, 2.24) is 68.7 Å². The monoisotopic (exact) mass is 1260 g/mol. The third-order valence-electron chi connectivity index (χ3n) is 13.4. The molecule has 10 atom stereocenters. The van der Waals surface area contributed by atoms with E-state index in [9.17, 15) is 63.0 Å². The Kier molecular flexibility index (Phi) is 36.4. The highest BCUT2D eigenvalue weighted by Crippen LogP contribution is 2.21. The lowest BCUT2D eigenvalue weighted by Gasteiger charge is -2.32. The number of carbonyl (C=O) groups excluding carboxylic acids is 10. The van der Waals surface area contributed by atoms with Gasteiger partial charge in [0.2, 0.25) is 59.1 Å². The van der Waals surface area contributed by atoms with E-state index in [1.807, 2.05) is 0 Å². The highest BCUT2D eigenvalue weighted by Gasteiger charge is 2.41. The summed E-state index contributed by atoms with van der Waals surface area (Å²) in [5, 5.41) is 72.6. The van der Waals surface area contributed by atoms with Crippen molar-refractivity contribution < 1.29 is 63.0 Å². The molecule has 33 nitrogen and oxygen atoms in total. The van der Waals surface area contributed by atoms with Crippen molar-refractivity contribution in [2.24, 2.45) is 34.8 Å². The number of hydrogen-bond donors (Lipinski definition) is 21. The maximum absolute atomic E-state index is 14.4. The van der Waals surface area contributed by atoms with E-state index in [1.165, 1.54) is 35.3 Å². The van der Waals surface area contributed by atoms with E-state index in [2.05, 4.69) is 63.8 Å². The number of aliphatic hydroxyl groups excluding tert-OH is 1. The zero-order valence-electron chi connectivity index (χ0n) is 50.1. The van der Waals surface area contributed by atoms with Crippen LogP contribution in [0.4, 0.5) is 0 Å². The van der Waals surface area contributed by atoms with Crippen molar-refractivity contribution in [3.8, 4) is 0 Å². The Morgan fingerprint density at radius 2 is 0.953 bits per heavy atom. The summed E-state index contributed by atoms with van der Waals surface area (Å²) >= 11 is 2.72. The van der Waals surface area contributed by atoms with Crippen LogP contribution in [0.25, 0.3) is 0 Å². The number of guanidine groups is 3. The van der Waals surface area contributed by atoms with Crippen molar-refractivity contribution in [1.29, 1.82) is 16.2 Å². The molecule has 0 aliphatic carbocycles. The maximum atomic E-state index is 14.4. The highest BCUT2D eigenvalue weighted by molar-refractivity contribution is 7.98. The molecule has 1 aliphatic rings. The van der Waals surface area contributed by atoms with Gasteiger partial charge in [0.05, 0.1) is 19.2 Å². The van der Waals surface area contributed by atoms with E-state index in [0.717, 1.165) is 0 Å². The molecule has 1 heterocycles. The Balaban J connectivity index is 3.42. The number of nitrogens with two attached hydrogens (primary N) is 4. The predicted molar refractivity (Wildman–Crippen MR) is 325 cm³/mol. The largest absolute Gasteiger partial charge is 0.480 e. The Labute approximate surface area is 509 Å². The fourth-order valence-electron chi connectivity index (χ4n) is 8.44. The van der Waals surface area contributed by atoms with Gasteiger partial charge in [-0.2, -0.15) is 23.5 Å². The van der Waals surface area contributed by atoms with E-state index in [4.69, 9.17) is 39.2 Å². The average Bonchev–Trinajstić information content (AvgIpc) is 3.89.